The number of aryl methyl sites for hydroxylation is 1. The van der Waals surface area contributed by atoms with Crippen molar-refractivity contribution >= 4 is 11.3 Å². The molecule has 1 rings (SSSR count). The third-order valence-electron chi connectivity index (χ3n) is 2.15. The Morgan fingerprint density at radius 2 is 2.13 bits per heavy atom. The first-order valence-corrected chi connectivity index (χ1v) is 6.36. The summed E-state index contributed by atoms with van der Waals surface area (Å²) in [6, 6.07) is 4.70. The van der Waals surface area contributed by atoms with Crippen LogP contribution in [0.25, 0.3) is 0 Å². The molecular formula is C12H21NOS. The van der Waals surface area contributed by atoms with Crippen LogP contribution in [0.1, 0.15) is 36.6 Å². The zero-order chi connectivity index (χ0) is 11.3. The molecule has 0 bridgehead atoms. The zero-order valence-corrected chi connectivity index (χ0v) is 10.9. The molecule has 3 heteroatoms. The van der Waals surface area contributed by atoms with Crippen molar-refractivity contribution in [1.82, 2.24) is 5.32 Å². The van der Waals surface area contributed by atoms with Crippen molar-refractivity contribution < 1.29 is 4.74 Å². The Balaban J connectivity index is 2.57. The smallest absolute Gasteiger partial charge is 0.0672 e. The second-order valence-electron chi connectivity index (χ2n) is 3.94. The van der Waals surface area contributed by atoms with Crippen molar-refractivity contribution in [3.8, 4) is 0 Å². The minimum atomic E-state index is 0.298. The second kappa shape index (κ2) is 6.26. The summed E-state index contributed by atoms with van der Waals surface area (Å²) >= 11 is 1.84. The van der Waals surface area contributed by atoms with E-state index in [0.29, 0.717) is 12.1 Å². The number of likely N-dealkylation sites (N-methyl/N-ethyl adjacent to an activating group) is 1. The molecule has 0 aliphatic heterocycles. The third-order valence-corrected chi connectivity index (χ3v) is 3.27. The van der Waals surface area contributed by atoms with Crippen LogP contribution in [0.5, 0.6) is 0 Å². The van der Waals surface area contributed by atoms with E-state index in [1.807, 2.05) is 11.3 Å². The third kappa shape index (κ3) is 4.33. The molecule has 1 heterocycles. The predicted molar refractivity (Wildman–Crippen MR) is 66.6 cm³/mol. The van der Waals surface area contributed by atoms with Gasteiger partial charge in [0.05, 0.1) is 18.8 Å². The lowest BCUT2D eigenvalue weighted by Crippen LogP contribution is -2.25. The SMILES string of the molecule is CCNC(COC(C)C)c1ccc(C)s1. The van der Waals surface area contributed by atoms with Gasteiger partial charge in [-0.25, -0.2) is 0 Å². The Kier molecular flexibility index (Phi) is 5.29. The van der Waals surface area contributed by atoms with Crippen LogP contribution >= 0.6 is 11.3 Å². The normalized spacial score (nSPS) is 13.4. The Morgan fingerprint density at radius 1 is 1.40 bits per heavy atom. The van der Waals surface area contributed by atoms with Crippen molar-refractivity contribution in [2.45, 2.75) is 39.8 Å². The molecule has 15 heavy (non-hydrogen) atoms. The molecule has 0 aromatic carbocycles. The van der Waals surface area contributed by atoms with Crippen LogP contribution in [-0.4, -0.2) is 19.3 Å². The van der Waals surface area contributed by atoms with Gasteiger partial charge in [0.1, 0.15) is 0 Å². The van der Waals surface area contributed by atoms with Gasteiger partial charge in [-0.15, -0.1) is 11.3 Å². The van der Waals surface area contributed by atoms with E-state index in [4.69, 9.17) is 4.74 Å². The van der Waals surface area contributed by atoms with E-state index in [1.54, 1.807) is 0 Å². The largest absolute Gasteiger partial charge is 0.377 e. The van der Waals surface area contributed by atoms with E-state index in [0.717, 1.165) is 13.2 Å². The maximum Gasteiger partial charge on any atom is 0.0672 e. The molecular weight excluding hydrogens is 206 g/mol. The fourth-order valence-electron chi connectivity index (χ4n) is 1.42. The molecule has 1 aromatic rings. The average molecular weight is 227 g/mol. The highest BCUT2D eigenvalue weighted by molar-refractivity contribution is 7.12. The molecule has 1 aromatic heterocycles. The van der Waals surface area contributed by atoms with E-state index in [1.165, 1.54) is 9.75 Å². The van der Waals surface area contributed by atoms with Gasteiger partial charge in [0.2, 0.25) is 0 Å². The Morgan fingerprint density at radius 3 is 2.60 bits per heavy atom. The van der Waals surface area contributed by atoms with Crippen LogP contribution in [0.2, 0.25) is 0 Å². The van der Waals surface area contributed by atoms with E-state index < -0.39 is 0 Å². The minimum absolute atomic E-state index is 0.298. The average Bonchev–Trinajstić information content (AvgIpc) is 2.59. The summed E-state index contributed by atoms with van der Waals surface area (Å²) in [6.07, 6.45) is 0.298. The van der Waals surface area contributed by atoms with Gasteiger partial charge >= 0.3 is 0 Å². The van der Waals surface area contributed by atoms with Crippen LogP contribution < -0.4 is 5.32 Å². The predicted octanol–water partition coefficient (Wildman–Crippen LogP) is 3.13. The monoisotopic (exact) mass is 227 g/mol. The Labute approximate surface area is 96.7 Å². The summed E-state index contributed by atoms with van der Waals surface area (Å²) in [5.41, 5.74) is 0. The number of nitrogens with one attached hydrogen (secondary N) is 1. The van der Waals surface area contributed by atoms with Gasteiger partial charge in [-0.2, -0.15) is 0 Å². The molecule has 0 spiro atoms. The molecule has 0 saturated carbocycles. The van der Waals surface area contributed by atoms with Gasteiger partial charge in [-0.3, -0.25) is 0 Å². The van der Waals surface area contributed by atoms with E-state index in [9.17, 15) is 0 Å². The molecule has 0 radical (unpaired) electrons. The van der Waals surface area contributed by atoms with Crippen LogP contribution in [0.4, 0.5) is 0 Å². The van der Waals surface area contributed by atoms with Crippen LogP contribution in [0, 0.1) is 6.92 Å². The zero-order valence-electron chi connectivity index (χ0n) is 10.0. The minimum Gasteiger partial charge on any atom is -0.377 e. The lowest BCUT2D eigenvalue weighted by atomic mass is 10.2. The first-order valence-electron chi connectivity index (χ1n) is 5.54. The maximum absolute atomic E-state index is 5.66. The second-order valence-corrected chi connectivity index (χ2v) is 5.26. The molecule has 0 aliphatic rings. The standard InChI is InChI=1S/C12H21NOS/c1-5-13-11(8-14-9(2)3)12-7-6-10(4)15-12/h6-7,9,11,13H,5,8H2,1-4H3. The van der Waals surface area contributed by atoms with E-state index >= 15 is 0 Å². The molecule has 0 amide bonds. The summed E-state index contributed by atoms with van der Waals surface area (Å²) in [5, 5.41) is 3.45. The van der Waals surface area contributed by atoms with Gasteiger partial charge in [-0.05, 0) is 39.4 Å². The Hall–Kier alpha value is -0.380. The number of ether oxygens (including phenoxy) is 1. The van der Waals surface area contributed by atoms with Gasteiger partial charge in [-0.1, -0.05) is 6.92 Å². The molecule has 0 aliphatic carbocycles. The number of hydrogen-bond donors (Lipinski definition) is 1. The molecule has 2 nitrogen and oxygen atoms in total. The quantitative estimate of drug-likeness (QED) is 0.806. The van der Waals surface area contributed by atoms with Crippen molar-refractivity contribution in [2.75, 3.05) is 13.2 Å². The van der Waals surface area contributed by atoms with Crippen molar-refractivity contribution in [2.24, 2.45) is 0 Å². The summed E-state index contributed by atoms with van der Waals surface area (Å²) in [5.74, 6) is 0. The fourth-order valence-corrected chi connectivity index (χ4v) is 2.36. The first kappa shape index (κ1) is 12.7. The number of thiophene rings is 1. The van der Waals surface area contributed by atoms with Gasteiger partial charge in [0.25, 0.3) is 0 Å². The molecule has 1 unspecified atom stereocenters. The summed E-state index contributed by atoms with van der Waals surface area (Å²) in [7, 11) is 0. The summed E-state index contributed by atoms with van der Waals surface area (Å²) in [4.78, 5) is 2.73. The van der Waals surface area contributed by atoms with E-state index in [-0.39, 0.29) is 0 Å². The molecule has 1 N–H and O–H groups in total. The summed E-state index contributed by atoms with van der Waals surface area (Å²) < 4.78 is 5.66. The highest BCUT2D eigenvalue weighted by Gasteiger charge is 2.12. The van der Waals surface area contributed by atoms with Gasteiger partial charge in [0, 0.05) is 9.75 Å². The van der Waals surface area contributed by atoms with Crippen molar-refractivity contribution in [3.05, 3.63) is 21.9 Å². The highest BCUT2D eigenvalue weighted by atomic mass is 32.1. The highest BCUT2D eigenvalue weighted by Crippen LogP contribution is 2.23. The maximum atomic E-state index is 5.66. The van der Waals surface area contributed by atoms with Gasteiger partial charge < -0.3 is 10.1 Å². The molecule has 86 valence electrons. The lowest BCUT2D eigenvalue weighted by Gasteiger charge is -2.18. The van der Waals surface area contributed by atoms with Crippen LogP contribution in [0.15, 0.2) is 12.1 Å². The summed E-state index contributed by atoms with van der Waals surface area (Å²) in [6.45, 7) is 10.1. The Bertz CT molecular complexity index is 283. The molecule has 0 fully saturated rings. The molecule has 0 saturated heterocycles. The van der Waals surface area contributed by atoms with Crippen molar-refractivity contribution in [3.63, 3.8) is 0 Å². The van der Waals surface area contributed by atoms with E-state index in [2.05, 4.69) is 45.1 Å². The molecule has 1 atom stereocenters. The fraction of sp³-hybridized carbons (Fsp3) is 0.667. The van der Waals surface area contributed by atoms with Gasteiger partial charge in [0.15, 0.2) is 0 Å². The van der Waals surface area contributed by atoms with Crippen LogP contribution in [-0.2, 0) is 4.74 Å². The first-order chi connectivity index (χ1) is 7.13. The topological polar surface area (TPSA) is 21.3 Å². The van der Waals surface area contributed by atoms with Crippen LogP contribution in [0.3, 0.4) is 0 Å². The lowest BCUT2D eigenvalue weighted by molar-refractivity contribution is 0.0621. The number of rotatable bonds is 6. The number of hydrogen-bond acceptors (Lipinski definition) is 3. The van der Waals surface area contributed by atoms with Crippen molar-refractivity contribution in [1.29, 1.82) is 0 Å².